The van der Waals surface area contributed by atoms with Gasteiger partial charge in [0.1, 0.15) is 11.4 Å². The Morgan fingerprint density at radius 1 is 1.19 bits per heavy atom. The molecule has 3 aromatic rings. The van der Waals surface area contributed by atoms with Crippen LogP contribution in [0.5, 0.6) is 5.75 Å². The van der Waals surface area contributed by atoms with Gasteiger partial charge in [-0.25, -0.2) is 4.98 Å². The number of aryl methyl sites for hydroxylation is 1. The summed E-state index contributed by atoms with van der Waals surface area (Å²) in [6.07, 6.45) is 3.76. The lowest BCUT2D eigenvalue weighted by Crippen LogP contribution is -2.24. The summed E-state index contributed by atoms with van der Waals surface area (Å²) >= 11 is 0. The number of amides is 1. The zero-order valence-electron chi connectivity index (χ0n) is 20.5. The molecule has 0 saturated heterocycles. The molecular weight excluding hydrogens is 484 g/mol. The average Bonchev–Trinajstić information content (AvgIpc) is 3.50. The first-order valence-electron chi connectivity index (χ1n) is 11.7. The molecule has 0 spiro atoms. The summed E-state index contributed by atoms with van der Waals surface area (Å²) in [4.78, 5) is 18.7. The Kier molecular flexibility index (Phi) is 7.94. The van der Waals surface area contributed by atoms with Crippen molar-refractivity contribution in [2.24, 2.45) is 11.8 Å². The van der Waals surface area contributed by atoms with Gasteiger partial charge in [0.05, 0.1) is 26.5 Å². The number of aromatic nitrogens is 5. The molecule has 1 fully saturated rings. The Bertz CT molecular complexity index is 1330. The lowest BCUT2D eigenvalue weighted by Gasteiger charge is -2.10. The van der Waals surface area contributed by atoms with E-state index < -0.39 is 10.1 Å². The standard InChI is InChI=1S/C24H30N6O5S/c1-16-9-20(12-22(26-16)24(31)25-13-17-5-4-6-21(11-17)34-2)23-27-29-30(28-23)14-18-7-8-19(10-18)15-35-36(3,32)33/h4-6,9,11-12,18-19H,7-8,10,13-15H2,1-3H3,(H,25,31)/t18-,19+/m1/s1. The van der Waals surface area contributed by atoms with Crippen LogP contribution in [0.15, 0.2) is 36.4 Å². The van der Waals surface area contributed by atoms with E-state index in [0.29, 0.717) is 36.1 Å². The van der Waals surface area contributed by atoms with E-state index in [1.165, 1.54) is 0 Å². The Morgan fingerprint density at radius 3 is 2.78 bits per heavy atom. The minimum Gasteiger partial charge on any atom is -0.497 e. The Balaban J connectivity index is 1.37. The maximum absolute atomic E-state index is 12.8. The fraction of sp³-hybridized carbons (Fsp3) is 0.458. The normalized spacial score (nSPS) is 17.8. The second-order valence-electron chi connectivity index (χ2n) is 9.12. The summed E-state index contributed by atoms with van der Waals surface area (Å²) < 4.78 is 32.6. The number of ether oxygens (including phenoxy) is 1. The van der Waals surface area contributed by atoms with E-state index in [9.17, 15) is 13.2 Å². The molecule has 1 N–H and O–H groups in total. The van der Waals surface area contributed by atoms with Crippen LogP contribution < -0.4 is 10.1 Å². The first kappa shape index (κ1) is 25.7. The highest BCUT2D eigenvalue weighted by molar-refractivity contribution is 7.85. The van der Waals surface area contributed by atoms with Crippen LogP contribution >= 0.6 is 0 Å². The molecule has 0 unspecified atom stereocenters. The summed E-state index contributed by atoms with van der Waals surface area (Å²) in [6.45, 7) is 2.95. The summed E-state index contributed by atoms with van der Waals surface area (Å²) in [7, 11) is -1.83. The van der Waals surface area contributed by atoms with E-state index in [-0.39, 0.29) is 24.1 Å². The second kappa shape index (κ2) is 11.1. The molecule has 2 heterocycles. The molecular formula is C24H30N6O5S. The molecule has 1 aromatic carbocycles. The minimum absolute atomic E-state index is 0.202. The fourth-order valence-electron chi connectivity index (χ4n) is 4.35. The van der Waals surface area contributed by atoms with Crippen LogP contribution in [0.3, 0.4) is 0 Å². The van der Waals surface area contributed by atoms with Crippen molar-refractivity contribution >= 4 is 16.0 Å². The second-order valence-corrected chi connectivity index (χ2v) is 10.8. The number of tetrazole rings is 1. The van der Waals surface area contributed by atoms with Crippen molar-refractivity contribution in [1.82, 2.24) is 30.5 Å². The smallest absolute Gasteiger partial charge is 0.270 e. The summed E-state index contributed by atoms with van der Waals surface area (Å²) in [6, 6.07) is 11.0. The Labute approximate surface area is 210 Å². The number of nitrogens with one attached hydrogen (secondary N) is 1. The van der Waals surface area contributed by atoms with Gasteiger partial charge >= 0.3 is 0 Å². The van der Waals surface area contributed by atoms with Gasteiger partial charge in [0.15, 0.2) is 0 Å². The van der Waals surface area contributed by atoms with Gasteiger partial charge in [0, 0.05) is 17.8 Å². The molecule has 0 radical (unpaired) electrons. The van der Waals surface area contributed by atoms with Crippen molar-refractivity contribution in [3.63, 3.8) is 0 Å². The maximum atomic E-state index is 12.8. The predicted molar refractivity (Wildman–Crippen MR) is 132 cm³/mol. The highest BCUT2D eigenvalue weighted by atomic mass is 32.2. The van der Waals surface area contributed by atoms with Gasteiger partial charge in [-0.1, -0.05) is 12.1 Å². The number of hydrogen-bond acceptors (Lipinski definition) is 9. The number of carbonyl (C=O) groups is 1. The molecule has 36 heavy (non-hydrogen) atoms. The van der Waals surface area contributed by atoms with Crippen LogP contribution in [0.25, 0.3) is 11.4 Å². The van der Waals surface area contributed by atoms with E-state index in [1.54, 1.807) is 18.0 Å². The van der Waals surface area contributed by atoms with Crippen LogP contribution in [-0.4, -0.2) is 59.5 Å². The molecule has 192 valence electrons. The third-order valence-corrected chi connectivity index (χ3v) is 6.64. The van der Waals surface area contributed by atoms with Crippen molar-refractivity contribution in [3.8, 4) is 17.1 Å². The Morgan fingerprint density at radius 2 is 2.00 bits per heavy atom. The van der Waals surface area contributed by atoms with E-state index in [2.05, 4.69) is 25.7 Å². The zero-order chi connectivity index (χ0) is 25.7. The fourth-order valence-corrected chi connectivity index (χ4v) is 4.79. The third-order valence-electron chi connectivity index (χ3n) is 6.07. The van der Waals surface area contributed by atoms with Gasteiger partial charge in [-0.05, 0) is 73.1 Å². The molecule has 0 bridgehead atoms. The van der Waals surface area contributed by atoms with Crippen LogP contribution in [0.4, 0.5) is 0 Å². The molecule has 12 heteroatoms. The minimum atomic E-state index is -3.43. The molecule has 1 saturated carbocycles. The van der Waals surface area contributed by atoms with E-state index in [4.69, 9.17) is 8.92 Å². The number of carbonyl (C=O) groups excluding carboxylic acids is 1. The van der Waals surface area contributed by atoms with Crippen molar-refractivity contribution in [2.75, 3.05) is 20.0 Å². The third kappa shape index (κ3) is 7.08. The molecule has 0 aliphatic heterocycles. The van der Waals surface area contributed by atoms with Crippen molar-refractivity contribution in [3.05, 3.63) is 53.3 Å². The predicted octanol–water partition coefficient (Wildman–Crippen LogP) is 2.37. The number of methoxy groups -OCH3 is 1. The molecule has 11 nitrogen and oxygen atoms in total. The van der Waals surface area contributed by atoms with Gasteiger partial charge < -0.3 is 10.1 Å². The number of rotatable bonds is 10. The Hall–Kier alpha value is -3.38. The highest BCUT2D eigenvalue weighted by Crippen LogP contribution is 2.32. The summed E-state index contributed by atoms with van der Waals surface area (Å²) in [5.74, 6) is 1.36. The van der Waals surface area contributed by atoms with E-state index in [1.807, 2.05) is 37.3 Å². The van der Waals surface area contributed by atoms with Crippen LogP contribution in [0, 0.1) is 18.8 Å². The van der Waals surface area contributed by atoms with Gasteiger partial charge in [-0.15, -0.1) is 10.2 Å². The SMILES string of the molecule is COc1cccc(CNC(=O)c2cc(-c3nnn(C[C@@H]4CC[C@H](COS(C)(=O)=O)C4)n3)cc(C)n2)c1. The van der Waals surface area contributed by atoms with Crippen molar-refractivity contribution in [2.45, 2.75) is 39.3 Å². The molecule has 1 amide bonds. The van der Waals surface area contributed by atoms with Gasteiger partial charge in [-0.3, -0.25) is 8.98 Å². The van der Waals surface area contributed by atoms with E-state index >= 15 is 0 Å². The number of nitrogens with zero attached hydrogens (tertiary/aromatic N) is 5. The zero-order valence-corrected chi connectivity index (χ0v) is 21.4. The average molecular weight is 515 g/mol. The lowest BCUT2D eigenvalue weighted by molar-refractivity contribution is 0.0945. The molecule has 2 aromatic heterocycles. The molecule has 1 aliphatic carbocycles. The topological polar surface area (TPSA) is 138 Å². The van der Waals surface area contributed by atoms with Crippen molar-refractivity contribution in [1.29, 1.82) is 0 Å². The molecule has 1 aliphatic rings. The van der Waals surface area contributed by atoms with Crippen LogP contribution in [-0.2, 0) is 27.4 Å². The number of pyridine rings is 1. The lowest BCUT2D eigenvalue weighted by atomic mass is 10.1. The highest BCUT2D eigenvalue weighted by Gasteiger charge is 2.27. The van der Waals surface area contributed by atoms with Crippen LogP contribution in [0.2, 0.25) is 0 Å². The summed E-state index contributed by atoms with van der Waals surface area (Å²) in [5, 5.41) is 15.7. The monoisotopic (exact) mass is 514 g/mol. The summed E-state index contributed by atoms with van der Waals surface area (Å²) in [5.41, 5.74) is 2.51. The molecule has 2 atom stereocenters. The maximum Gasteiger partial charge on any atom is 0.270 e. The van der Waals surface area contributed by atoms with Crippen LogP contribution in [0.1, 0.15) is 41.0 Å². The van der Waals surface area contributed by atoms with Gasteiger partial charge in [-0.2, -0.15) is 13.2 Å². The first-order valence-corrected chi connectivity index (χ1v) is 13.5. The first-order chi connectivity index (χ1) is 17.2. The largest absolute Gasteiger partial charge is 0.497 e. The quantitative estimate of drug-likeness (QED) is 0.404. The number of benzene rings is 1. The number of hydrogen-bond donors (Lipinski definition) is 1. The van der Waals surface area contributed by atoms with Gasteiger partial charge in [0.2, 0.25) is 5.82 Å². The molecule has 4 rings (SSSR count). The van der Waals surface area contributed by atoms with Crippen molar-refractivity contribution < 1.29 is 22.1 Å². The van der Waals surface area contributed by atoms with Gasteiger partial charge in [0.25, 0.3) is 16.0 Å². The van der Waals surface area contributed by atoms with E-state index in [0.717, 1.165) is 36.8 Å².